The lowest BCUT2D eigenvalue weighted by Crippen LogP contribution is -2.34. The average molecular weight is 354 g/mol. The number of ketones is 1. The number of hydrogen-bond donors (Lipinski definition) is 1. The number of likely N-dealkylation sites (tertiary alicyclic amines) is 1. The maximum atomic E-state index is 12.9. The second-order valence-corrected chi connectivity index (χ2v) is 6.29. The van der Waals surface area contributed by atoms with E-state index < -0.39 is 17.7 Å². The van der Waals surface area contributed by atoms with Gasteiger partial charge in [-0.15, -0.1) is 0 Å². The molecule has 6 heteroatoms. The third-order valence-corrected chi connectivity index (χ3v) is 4.54. The Morgan fingerprint density at radius 3 is 2.38 bits per heavy atom. The van der Waals surface area contributed by atoms with Gasteiger partial charge < -0.3 is 14.6 Å². The normalized spacial score (nSPS) is 13.7. The molecule has 26 heavy (non-hydrogen) atoms. The molecule has 0 unspecified atom stereocenters. The minimum absolute atomic E-state index is 0.147. The Morgan fingerprint density at radius 1 is 1.12 bits per heavy atom. The van der Waals surface area contributed by atoms with Crippen LogP contribution in [0, 0.1) is 6.92 Å². The summed E-state index contributed by atoms with van der Waals surface area (Å²) in [6, 6.07) is 9.11. The summed E-state index contributed by atoms with van der Waals surface area (Å²) in [4.78, 5) is 42.5. The van der Waals surface area contributed by atoms with Crippen LogP contribution in [0.15, 0.2) is 30.3 Å². The van der Waals surface area contributed by atoms with Crippen LogP contribution in [0.1, 0.15) is 46.3 Å². The number of amides is 1. The fraction of sp³-hybridized carbons (Fsp3) is 0.350. The van der Waals surface area contributed by atoms with Gasteiger partial charge in [0.1, 0.15) is 5.69 Å². The maximum absolute atomic E-state index is 12.9. The summed E-state index contributed by atoms with van der Waals surface area (Å²) < 4.78 is 5.16. The number of nitrogens with one attached hydrogen (secondary N) is 1. The number of Topliss-reactive ketones (excluding diaryl/α,β-unsaturated/α-hetero) is 1. The first-order chi connectivity index (χ1) is 12.5. The predicted octanol–water partition coefficient (Wildman–Crippen LogP) is 2.97. The van der Waals surface area contributed by atoms with Crippen LogP contribution in [0.5, 0.6) is 0 Å². The number of H-pyrrole nitrogens is 1. The van der Waals surface area contributed by atoms with E-state index in [1.54, 1.807) is 18.7 Å². The van der Waals surface area contributed by atoms with E-state index in [1.807, 2.05) is 30.3 Å². The largest absolute Gasteiger partial charge is 0.462 e. The van der Waals surface area contributed by atoms with Crippen molar-refractivity contribution in [3.05, 3.63) is 47.3 Å². The average Bonchev–Trinajstić information content (AvgIpc) is 3.29. The van der Waals surface area contributed by atoms with Crippen LogP contribution < -0.4 is 0 Å². The van der Waals surface area contributed by atoms with E-state index in [0.717, 1.165) is 12.8 Å². The summed E-state index contributed by atoms with van der Waals surface area (Å²) in [7, 11) is 0. The molecule has 1 aliphatic rings. The molecule has 1 amide bonds. The molecule has 2 heterocycles. The molecule has 3 rings (SSSR count). The van der Waals surface area contributed by atoms with Gasteiger partial charge in [0.05, 0.1) is 12.2 Å². The predicted molar refractivity (Wildman–Crippen MR) is 97.1 cm³/mol. The molecule has 1 aromatic heterocycles. The highest BCUT2D eigenvalue weighted by atomic mass is 16.5. The molecular weight excluding hydrogens is 332 g/mol. The quantitative estimate of drug-likeness (QED) is 0.509. The van der Waals surface area contributed by atoms with Crippen molar-refractivity contribution >= 4 is 17.7 Å². The van der Waals surface area contributed by atoms with Crippen LogP contribution >= 0.6 is 0 Å². The van der Waals surface area contributed by atoms with E-state index in [0.29, 0.717) is 35.5 Å². The van der Waals surface area contributed by atoms with Gasteiger partial charge in [-0.25, -0.2) is 4.79 Å². The second kappa shape index (κ2) is 7.56. The van der Waals surface area contributed by atoms with Gasteiger partial charge in [-0.3, -0.25) is 9.59 Å². The summed E-state index contributed by atoms with van der Waals surface area (Å²) in [5.74, 6) is -1.66. The molecule has 2 aromatic rings. The summed E-state index contributed by atoms with van der Waals surface area (Å²) in [6.07, 6.45) is 1.81. The van der Waals surface area contributed by atoms with Crippen molar-refractivity contribution in [1.29, 1.82) is 0 Å². The number of esters is 1. The lowest BCUT2D eigenvalue weighted by molar-refractivity contribution is -0.125. The third kappa shape index (κ3) is 3.27. The smallest absolute Gasteiger partial charge is 0.340 e. The lowest BCUT2D eigenvalue weighted by atomic mass is 9.98. The van der Waals surface area contributed by atoms with Gasteiger partial charge in [-0.2, -0.15) is 0 Å². The Kier molecular flexibility index (Phi) is 5.21. The number of carbonyl (C=O) groups excluding carboxylic acids is 3. The van der Waals surface area contributed by atoms with E-state index in [4.69, 9.17) is 4.74 Å². The van der Waals surface area contributed by atoms with Crippen molar-refractivity contribution in [2.45, 2.75) is 26.7 Å². The highest BCUT2D eigenvalue weighted by Crippen LogP contribution is 2.31. The number of ether oxygens (including phenoxy) is 1. The molecule has 1 aliphatic heterocycles. The van der Waals surface area contributed by atoms with E-state index in [9.17, 15) is 14.4 Å². The minimum Gasteiger partial charge on any atom is -0.462 e. The number of aryl methyl sites for hydroxylation is 1. The topological polar surface area (TPSA) is 79.5 Å². The zero-order valence-electron chi connectivity index (χ0n) is 15.0. The van der Waals surface area contributed by atoms with E-state index in [2.05, 4.69) is 4.98 Å². The number of rotatable bonds is 5. The Morgan fingerprint density at radius 2 is 1.77 bits per heavy atom. The van der Waals surface area contributed by atoms with Crippen molar-refractivity contribution in [3.8, 4) is 11.1 Å². The van der Waals surface area contributed by atoms with Crippen molar-refractivity contribution < 1.29 is 19.1 Å². The number of carbonyl (C=O) groups is 3. The van der Waals surface area contributed by atoms with Crippen molar-refractivity contribution in [2.75, 3.05) is 19.7 Å². The number of aromatic amines is 1. The molecule has 1 aromatic carbocycles. The molecule has 6 nitrogen and oxygen atoms in total. The van der Waals surface area contributed by atoms with Gasteiger partial charge in [-0.1, -0.05) is 30.3 Å². The molecule has 0 spiro atoms. The summed E-state index contributed by atoms with van der Waals surface area (Å²) in [5, 5.41) is 0. The van der Waals surface area contributed by atoms with Crippen LogP contribution in [0.3, 0.4) is 0 Å². The fourth-order valence-corrected chi connectivity index (χ4v) is 3.32. The van der Waals surface area contributed by atoms with Crippen LogP contribution in [-0.2, 0) is 9.53 Å². The van der Waals surface area contributed by atoms with Crippen molar-refractivity contribution in [2.24, 2.45) is 0 Å². The van der Waals surface area contributed by atoms with Crippen LogP contribution in [0.4, 0.5) is 0 Å². The molecule has 136 valence electrons. The molecule has 0 bridgehead atoms. The molecule has 0 atom stereocenters. The number of aromatic nitrogens is 1. The number of nitrogens with zero attached hydrogens (tertiary/aromatic N) is 1. The van der Waals surface area contributed by atoms with Gasteiger partial charge in [0.2, 0.25) is 0 Å². The Balaban J connectivity index is 2.10. The van der Waals surface area contributed by atoms with Crippen LogP contribution in [-0.4, -0.2) is 47.2 Å². The van der Waals surface area contributed by atoms with Crippen molar-refractivity contribution in [1.82, 2.24) is 9.88 Å². The first-order valence-electron chi connectivity index (χ1n) is 8.83. The molecule has 0 aliphatic carbocycles. The zero-order chi connectivity index (χ0) is 18.7. The van der Waals surface area contributed by atoms with Crippen LogP contribution in [0.25, 0.3) is 11.1 Å². The van der Waals surface area contributed by atoms with Gasteiger partial charge in [0.25, 0.3) is 11.7 Å². The van der Waals surface area contributed by atoms with Gasteiger partial charge in [0.15, 0.2) is 0 Å². The zero-order valence-corrected chi connectivity index (χ0v) is 15.0. The van der Waals surface area contributed by atoms with Gasteiger partial charge in [0, 0.05) is 24.3 Å². The molecular formula is C20H22N2O4. The van der Waals surface area contributed by atoms with E-state index >= 15 is 0 Å². The SMILES string of the molecule is CCOC(=O)c1c(C)[nH]c(C(=O)C(=O)N2CCCC2)c1-c1ccccc1. The summed E-state index contributed by atoms with van der Waals surface area (Å²) in [5.41, 5.74) is 2.08. The number of benzene rings is 1. The fourth-order valence-electron chi connectivity index (χ4n) is 3.32. The van der Waals surface area contributed by atoms with Gasteiger partial charge in [-0.05, 0) is 32.3 Å². The highest BCUT2D eigenvalue weighted by molar-refractivity contribution is 6.43. The molecule has 0 radical (unpaired) electrons. The maximum Gasteiger partial charge on any atom is 0.340 e. The summed E-state index contributed by atoms with van der Waals surface area (Å²) >= 11 is 0. The minimum atomic E-state index is -0.621. The first kappa shape index (κ1) is 17.9. The molecule has 0 saturated carbocycles. The van der Waals surface area contributed by atoms with Gasteiger partial charge >= 0.3 is 5.97 Å². The van der Waals surface area contributed by atoms with E-state index in [1.165, 1.54) is 0 Å². The third-order valence-electron chi connectivity index (χ3n) is 4.54. The standard InChI is InChI=1S/C20H22N2O4/c1-3-26-20(25)15-13(2)21-17(16(15)14-9-5-4-6-10-14)18(23)19(24)22-11-7-8-12-22/h4-6,9-10,21H,3,7-8,11-12H2,1-2H3. The molecule has 1 saturated heterocycles. The number of hydrogen-bond acceptors (Lipinski definition) is 4. The van der Waals surface area contributed by atoms with Crippen molar-refractivity contribution in [3.63, 3.8) is 0 Å². The Labute approximate surface area is 152 Å². The Hall–Kier alpha value is -2.89. The van der Waals surface area contributed by atoms with E-state index in [-0.39, 0.29) is 12.3 Å². The first-order valence-corrected chi connectivity index (χ1v) is 8.83. The highest BCUT2D eigenvalue weighted by Gasteiger charge is 2.32. The lowest BCUT2D eigenvalue weighted by Gasteiger charge is -2.14. The molecule has 1 N–H and O–H groups in total. The van der Waals surface area contributed by atoms with Crippen LogP contribution in [0.2, 0.25) is 0 Å². The summed E-state index contributed by atoms with van der Waals surface area (Å²) in [6.45, 7) is 4.85. The second-order valence-electron chi connectivity index (χ2n) is 6.29. The molecule has 1 fully saturated rings. The Bertz CT molecular complexity index is 833. The monoisotopic (exact) mass is 354 g/mol.